The average Bonchev–Trinajstić information content (AvgIpc) is 3.32. The fraction of sp³-hybridized carbons (Fsp3) is 0.400. The fourth-order valence-electron chi connectivity index (χ4n) is 4.04. The van der Waals surface area contributed by atoms with Gasteiger partial charge in [0.2, 0.25) is 23.7 Å². The van der Waals surface area contributed by atoms with Gasteiger partial charge in [0.25, 0.3) is 6.43 Å². The van der Waals surface area contributed by atoms with Crippen molar-refractivity contribution in [2.75, 3.05) is 63.8 Å². The third kappa shape index (κ3) is 5.94. The van der Waals surface area contributed by atoms with Crippen molar-refractivity contribution in [3.05, 3.63) is 48.4 Å². The van der Waals surface area contributed by atoms with Crippen LogP contribution in [-0.4, -0.2) is 87.9 Å². The van der Waals surface area contributed by atoms with Gasteiger partial charge in [-0.2, -0.15) is 15.0 Å². The number of aromatic nitrogens is 6. The van der Waals surface area contributed by atoms with Crippen LogP contribution >= 0.6 is 0 Å². The first-order valence-corrected chi connectivity index (χ1v) is 12.3. The third-order valence-electron chi connectivity index (χ3n) is 5.88. The lowest BCUT2D eigenvalue weighted by Gasteiger charge is -2.27. The average molecular weight is 526 g/mol. The molecule has 0 radical (unpaired) electrons. The molecule has 0 spiro atoms. The molecule has 1 saturated heterocycles. The van der Waals surface area contributed by atoms with E-state index in [0.29, 0.717) is 61.5 Å². The van der Waals surface area contributed by atoms with E-state index in [4.69, 9.17) is 9.47 Å². The fourth-order valence-corrected chi connectivity index (χ4v) is 4.04. The highest BCUT2D eigenvalue weighted by Gasteiger charge is 2.24. The summed E-state index contributed by atoms with van der Waals surface area (Å²) in [6.45, 7) is 3.64. The van der Waals surface area contributed by atoms with Gasteiger partial charge in [-0.1, -0.05) is 12.1 Å². The summed E-state index contributed by atoms with van der Waals surface area (Å²) in [5, 5.41) is 3.13. The zero-order valence-electron chi connectivity index (χ0n) is 21.2. The second-order valence-electron chi connectivity index (χ2n) is 8.97. The van der Waals surface area contributed by atoms with Crippen LogP contribution in [0.4, 0.5) is 26.4 Å². The molecule has 1 fully saturated rings. The summed E-state index contributed by atoms with van der Waals surface area (Å²) in [6.07, 6.45) is -0.330. The van der Waals surface area contributed by atoms with E-state index in [1.54, 1.807) is 42.6 Å². The molecule has 3 aromatic heterocycles. The van der Waals surface area contributed by atoms with Gasteiger partial charge < -0.3 is 24.6 Å². The lowest BCUT2D eigenvalue weighted by molar-refractivity contribution is 0.122. The molecule has 1 aliphatic heterocycles. The highest BCUT2D eigenvalue weighted by Crippen LogP contribution is 2.28. The topological polar surface area (TPSA) is 106 Å². The van der Waals surface area contributed by atoms with Crippen LogP contribution in [0.25, 0.3) is 17.0 Å². The second-order valence-corrected chi connectivity index (χ2v) is 8.97. The van der Waals surface area contributed by atoms with Gasteiger partial charge in [-0.05, 0) is 38.7 Å². The maximum absolute atomic E-state index is 14.0. The van der Waals surface area contributed by atoms with E-state index in [0.717, 1.165) is 13.0 Å². The Labute approximate surface area is 218 Å². The molecule has 1 aromatic carbocycles. The van der Waals surface area contributed by atoms with Crippen molar-refractivity contribution in [1.82, 2.24) is 34.4 Å². The Hall–Kier alpha value is -3.97. The van der Waals surface area contributed by atoms with Crippen molar-refractivity contribution >= 4 is 28.6 Å². The Morgan fingerprint density at radius 1 is 1.03 bits per heavy atom. The second kappa shape index (κ2) is 11.6. The summed E-state index contributed by atoms with van der Waals surface area (Å²) in [5.41, 5.74) is 1.52. The largest absolute Gasteiger partial charge is 0.478 e. The SMILES string of the molecule is CN(C)CCCOc1ccc(Nc2nc(N3CCOCC3)nc(-n3c(C(F)F)nc4ccccc43)n2)cn1. The summed E-state index contributed by atoms with van der Waals surface area (Å²) >= 11 is 0. The summed E-state index contributed by atoms with van der Waals surface area (Å²) < 4.78 is 40.5. The molecule has 38 heavy (non-hydrogen) atoms. The summed E-state index contributed by atoms with van der Waals surface area (Å²) in [6, 6.07) is 10.4. The first-order valence-electron chi connectivity index (χ1n) is 12.3. The Kier molecular flexibility index (Phi) is 7.84. The van der Waals surface area contributed by atoms with Crippen LogP contribution in [0.3, 0.4) is 0 Å². The van der Waals surface area contributed by atoms with E-state index in [2.05, 4.69) is 35.1 Å². The highest BCUT2D eigenvalue weighted by atomic mass is 19.3. The summed E-state index contributed by atoms with van der Waals surface area (Å²) in [5.74, 6) is 0.658. The first kappa shape index (κ1) is 25.7. The lowest BCUT2D eigenvalue weighted by Crippen LogP contribution is -2.37. The quantitative estimate of drug-likeness (QED) is 0.310. The van der Waals surface area contributed by atoms with Gasteiger partial charge in [-0.3, -0.25) is 4.57 Å². The van der Waals surface area contributed by atoms with Crippen molar-refractivity contribution in [3.8, 4) is 11.8 Å². The van der Waals surface area contributed by atoms with Crippen molar-refractivity contribution in [2.24, 2.45) is 0 Å². The normalized spacial score (nSPS) is 14.0. The number of halogens is 2. The number of hydrogen-bond donors (Lipinski definition) is 1. The van der Waals surface area contributed by atoms with Gasteiger partial charge in [-0.25, -0.2) is 18.7 Å². The predicted molar refractivity (Wildman–Crippen MR) is 139 cm³/mol. The molecule has 0 unspecified atom stereocenters. The number of rotatable bonds is 10. The first-order chi connectivity index (χ1) is 18.5. The minimum Gasteiger partial charge on any atom is -0.478 e. The van der Waals surface area contributed by atoms with Crippen molar-refractivity contribution < 1.29 is 18.3 Å². The summed E-state index contributed by atoms with van der Waals surface area (Å²) in [7, 11) is 4.03. The molecular weight excluding hydrogens is 496 g/mol. The van der Waals surface area contributed by atoms with Gasteiger partial charge in [0.1, 0.15) is 0 Å². The number of benzene rings is 1. The van der Waals surface area contributed by atoms with Crippen LogP contribution in [0.1, 0.15) is 18.7 Å². The van der Waals surface area contributed by atoms with Crippen LogP contribution in [0.5, 0.6) is 5.88 Å². The lowest BCUT2D eigenvalue weighted by atomic mass is 10.3. The van der Waals surface area contributed by atoms with Crippen LogP contribution in [0, 0.1) is 0 Å². The molecule has 1 aliphatic rings. The van der Waals surface area contributed by atoms with Crippen LogP contribution in [-0.2, 0) is 4.74 Å². The smallest absolute Gasteiger partial charge is 0.296 e. The van der Waals surface area contributed by atoms with E-state index in [1.807, 2.05) is 19.0 Å². The molecule has 4 heterocycles. The number of anilines is 3. The number of nitrogens with one attached hydrogen (secondary N) is 1. The number of alkyl halides is 2. The number of imidazole rings is 1. The Morgan fingerprint density at radius 3 is 2.55 bits per heavy atom. The van der Waals surface area contributed by atoms with Gasteiger partial charge in [0.15, 0.2) is 5.82 Å². The Morgan fingerprint density at radius 2 is 1.82 bits per heavy atom. The van der Waals surface area contributed by atoms with E-state index in [9.17, 15) is 8.78 Å². The van der Waals surface area contributed by atoms with Gasteiger partial charge in [-0.15, -0.1) is 0 Å². The Balaban J connectivity index is 1.46. The molecule has 0 amide bonds. The van der Waals surface area contributed by atoms with Crippen molar-refractivity contribution in [3.63, 3.8) is 0 Å². The monoisotopic (exact) mass is 525 g/mol. The van der Waals surface area contributed by atoms with Crippen molar-refractivity contribution in [2.45, 2.75) is 12.8 Å². The van der Waals surface area contributed by atoms with Crippen LogP contribution in [0.2, 0.25) is 0 Å². The molecule has 13 heteroatoms. The zero-order chi connectivity index (χ0) is 26.5. The molecular formula is C25H29F2N9O2. The number of ether oxygens (including phenoxy) is 2. The molecule has 0 aliphatic carbocycles. The van der Waals surface area contributed by atoms with Gasteiger partial charge >= 0.3 is 0 Å². The van der Waals surface area contributed by atoms with Crippen LogP contribution < -0.4 is 15.0 Å². The maximum atomic E-state index is 14.0. The predicted octanol–water partition coefficient (Wildman–Crippen LogP) is 3.45. The van der Waals surface area contributed by atoms with E-state index >= 15 is 0 Å². The number of morpholine rings is 1. The molecule has 5 rings (SSSR count). The highest BCUT2D eigenvalue weighted by molar-refractivity contribution is 5.77. The molecule has 0 saturated carbocycles. The minimum atomic E-state index is -2.82. The Bertz CT molecular complexity index is 1360. The van der Waals surface area contributed by atoms with Gasteiger partial charge in [0, 0.05) is 25.7 Å². The van der Waals surface area contributed by atoms with Crippen molar-refractivity contribution in [1.29, 1.82) is 0 Å². The number of hydrogen-bond acceptors (Lipinski definition) is 10. The van der Waals surface area contributed by atoms with Gasteiger partial charge in [0.05, 0.1) is 42.7 Å². The summed E-state index contributed by atoms with van der Waals surface area (Å²) in [4.78, 5) is 26.1. The number of para-hydroxylation sites is 2. The molecule has 1 N–H and O–H groups in total. The molecule has 11 nitrogen and oxygen atoms in total. The van der Waals surface area contributed by atoms with Crippen LogP contribution in [0.15, 0.2) is 42.6 Å². The molecule has 0 atom stereocenters. The maximum Gasteiger partial charge on any atom is 0.296 e. The number of fused-ring (bicyclic) bond motifs is 1. The molecule has 0 bridgehead atoms. The van der Waals surface area contributed by atoms with E-state index in [1.165, 1.54) is 4.57 Å². The number of pyridine rings is 1. The standard InChI is InChI=1S/C25H29F2N9O2/c1-34(2)10-5-13-38-20-9-8-17(16-28-20)29-23-31-24(35-11-14-37-15-12-35)33-25(32-23)36-19-7-4-3-6-18(19)30-22(36)21(26)27/h3-4,6-9,16,21H,5,10-15H2,1-2H3,(H,29,31,32,33). The molecule has 200 valence electrons. The zero-order valence-corrected chi connectivity index (χ0v) is 21.2. The minimum absolute atomic E-state index is 0.0433. The third-order valence-corrected chi connectivity index (χ3v) is 5.88. The van der Waals surface area contributed by atoms with E-state index in [-0.39, 0.29) is 11.9 Å². The molecule has 4 aromatic rings. The number of nitrogens with zero attached hydrogens (tertiary/aromatic N) is 8. The van der Waals surface area contributed by atoms with E-state index < -0.39 is 12.2 Å².